The molecule has 0 radical (unpaired) electrons. The Balaban J connectivity index is 2.26. The molecule has 0 N–H and O–H groups in total. The first-order chi connectivity index (χ1) is 7.86. The van der Waals surface area contributed by atoms with Gasteiger partial charge in [-0.25, -0.2) is 4.98 Å². The predicted octanol–water partition coefficient (Wildman–Crippen LogP) is 2.59. The fourth-order valence-corrected chi connectivity index (χ4v) is 2.50. The topological polar surface area (TPSA) is 25.4 Å². The lowest BCUT2D eigenvalue weighted by atomic mass is 10.1. The van der Waals surface area contributed by atoms with E-state index in [-0.39, 0.29) is 0 Å². The Morgan fingerprint density at radius 1 is 1.62 bits per heavy atom. The van der Waals surface area contributed by atoms with E-state index >= 15 is 0 Å². The Morgan fingerprint density at radius 3 is 3.25 bits per heavy atom. The zero-order valence-corrected chi connectivity index (χ0v) is 11.1. The molecule has 1 aromatic rings. The minimum atomic E-state index is 0.460. The van der Waals surface area contributed by atoms with Gasteiger partial charge in [-0.15, -0.1) is 0 Å². The summed E-state index contributed by atoms with van der Waals surface area (Å²) in [5.41, 5.74) is 1.25. The molecular formula is C12H17BrN2O. The maximum absolute atomic E-state index is 5.52. The number of morpholine rings is 1. The fourth-order valence-electron chi connectivity index (χ4n) is 2.07. The maximum Gasteiger partial charge on any atom is 0.132 e. The number of ether oxygens (including phenoxy) is 1. The largest absolute Gasteiger partial charge is 0.377 e. The molecule has 88 valence electrons. The predicted molar refractivity (Wildman–Crippen MR) is 69.1 cm³/mol. The van der Waals surface area contributed by atoms with Crippen molar-refractivity contribution < 1.29 is 4.74 Å². The van der Waals surface area contributed by atoms with Gasteiger partial charge in [0.25, 0.3) is 0 Å². The van der Waals surface area contributed by atoms with Crippen LogP contribution in [0.2, 0.25) is 0 Å². The van der Waals surface area contributed by atoms with Crippen LogP contribution in [0.5, 0.6) is 0 Å². The average Bonchev–Trinajstić information content (AvgIpc) is 2.38. The van der Waals surface area contributed by atoms with Gasteiger partial charge in [0.2, 0.25) is 0 Å². The summed E-state index contributed by atoms with van der Waals surface area (Å²) in [4.78, 5) is 6.89. The monoisotopic (exact) mass is 284 g/mol. The molecule has 0 aliphatic carbocycles. The van der Waals surface area contributed by atoms with Crippen LogP contribution in [0.25, 0.3) is 0 Å². The van der Waals surface area contributed by atoms with Gasteiger partial charge in [-0.3, -0.25) is 0 Å². The van der Waals surface area contributed by atoms with Gasteiger partial charge in [-0.05, 0) is 12.5 Å². The van der Waals surface area contributed by atoms with Crippen molar-refractivity contribution in [1.29, 1.82) is 0 Å². The van der Waals surface area contributed by atoms with Crippen LogP contribution in [-0.2, 0) is 10.1 Å². The molecule has 1 fully saturated rings. The summed E-state index contributed by atoms with van der Waals surface area (Å²) in [6.07, 6.45) is 2.96. The second-order valence-electron chi connectivity index (χ2n) is 3.95. The van der Waals surface area contributed by atoms with Crippen LogP contribution in [0, 0.1) is 0 Å². The SMILES string of the molecule is CCC1COCCN1c1ncccc1CBr. The number of halogens is 1. The minimum absolute atomic E-state index is 0.460. The number of nitrogens with zero attached hydrogens (tertiary/aromatic N) is 2. The van der Waals surface area contributed by atoms with Crippen LogP contribution in [0.3, 0.4) is 0 Å². The van der Waals surface area contributed by atoms with Gasteiger partial charge < -0.3 is 9.64 Å². The number of rotatable bonds is 3. The minimum Gasteiger partial charge on any atom is -0.377 e. The van der Waals surface area contributed by atoms with E-state index in [9.17, 15) is 0 Å². The Morgan fingerprint density at radius 2 is 2.50 bits per heavy atom. The summed E-state index contributed by atoms with van der Waals surface area (Å²) in [5.74, 6) is 1.11. The van der Waals surface area contributed by atoms with E-state index in [1.54, 1.807) is 0 Å². The number of hydrogen-bond donors (Lipinski definition) is 0. The van der Waals surface area contributed by atoms with Crippen LogP contribution in [0.1, 0.15) is 18.9 Å². The fraction of sp³-hybridized carbons (Fsp3) is 0.583. The van der Waals surface area contributed by atoms with E-state index in [4.69, 9.17) is 4.74 Å². The van der Waals surface area contributed by atoms with Gasteiger partial charge in [0, 0.05) is 23.6 Å². The molecule has 0 aromatic carbocycles. The molecule has 0 bridgehead atoms. The number of aromatic nitrogens is 1. The van der Waals surface area contributed by atoms with Crippen LogP contribution in [0.4, 0.5) is 5.82 Å². The van der Waals surface area contributed by atoms with E-state index in [1.165, 1.54) is 5.56 Å². The van der Waals surface area contributed by atoms with Crippen molar-refractivity contribution in [2.24, 2.45) is 0 Å². The first-order valence-electron chi connectivity index (χ1n) is 5.71. The molecule has 1 aliphatic rings. The summed E-state index contributed by atoms with van der Waals surface area (Å²) in [7, 11) is 0. The molecular weight excluding hydrogens is 268 g/mol. The summed E-state index contributed by atoms with van der Waals surface area (Å²) in [5, 5.41) is 0.851. The zero-order chi connectivity index (χ0) is 11.4. The van der Waals surface area contributed by atoms with E-state index in [2.05, 4.69) is 38.8 Å². The third-order valence-corrected chi connectivity index (χ3v) is 3.59. The smallest absolute Gasteiger partial charge is 0.132 e. The van der Waals surface area contributed by atoms with E-state index in [1.807, 2.05) is 12.3 Å². The highest BCUT2D eigenvalue weighted by atomic mass is 79.9. The van der Waals surface area contributed by atoms with Crippen LogP contribution < -0.4 is 4.90 Å². The number of pyridine rings is 1. The lowest BCUT2D eigenvalue weighted by Gasteiger charge is -2.36. The molecule has 1 aromatic heterocycles. The second-order valence-corrected chi connectivity index (χ2v) is 4.51. The van der Waals surface area contributed by atoms with Crippen LogP contribution in [0.15, 0.2) is 18.3 Å². The van der Waals surface area contributed by atoms with Crippen LogP contribution >= 0.6 is 15.9 Å². The number of anilines is 1. The highest BCUT2D eigenvalue weighted by Crippen LogP contribution is 2.24. The third-order valence-electron chi connectivity index (χ3n) is 2.98. The van der Waals surface area contributed by atoms with E-state index in [0.717, 1.165) is 37.3 Å². The summed E-state index contributed by atoms with van der Waals surface area (Å²) in [6, 6.07) is 4.57. The van der Waals surface area contributed by atoms with Gasteiger partial charge in [-0.2, -0.15) is 0 Å². The van der Waals surface area contributed by atoms with Crippen molar-refractivity contribution in [2.45, 2.75) is 24.7 Å². The Bertz CT molecular complexity index is 346. The molecule has 16 heavy (non-hydrogen) atoms. The molecule has 2 rings (SSSR count). The summed E-state index contributed by atoms with van der Waals surface area (Å²) < 4.78 is 5.52. The molecule has 2 heterocycles. The first kappa shape index (κ1) is 11.9. The summed E-state index contributed by atoms with van der Waals surface area (Å²) >= 11 is 3.52. The highest BCUT2D eigenvalue weighted by Gasteiger charge is 2.23. The highest BCUT2D eigenvalue weighted by molar-refractivity contribution is 9.08. The van der Waals surface area contributed by atoms with E-state index < -0.39 is 0 Å². The zero-order valence-electron chi connectivity index (χ0n) is 9.53. The van der Waals surface area contributed by atoms with E-state index in [0.29, 0.717) is 6.04 Å². The molecule has 0 saturated carbocycles. The molecule has 0 amide bonds. The Hall–Kier alpha value is -0.610. The third kappa shape index (κ3) is 2.38. The quantitative estimate of drug-likeness (QED) is 0.798. The first-order valence-corrected chi connectivity index (χ1v) is 6.83. The van der Waals surface area contributed by atoms with Crippen molar-refractivity contribution in [1.82, 2.24) is 4.98 Å². The van der Waals surface area contributed by atoms with Crippen molar-refractivity contribution in [3.63, 3.8) is 0 Å². The van der Waals surface area contributed by atoms with Gasteiger partial charge in [0.15, 0.2) is 0 Å². The van der Waals surface area contributed by atoms with Gasteiger partial charge in [-0.1, -0.05) is 28.9 Å². The van der Waals surface area contributed by atoms with Gasteiger partial charge >= 0.3 is 0 Å². The molecule has 0 spiro atoms. The maximum atomic E-state index is 5.52. The average molecular weight is 285 g/mol. The lowest BCUT2D eigenvalue weighted by molar-refractivity contribution is 0.0925. The van der Waals surface area contributed by atoms with Crippen molar-refractivity contribution in [2.75, 3.05) is 24.7 Å². The van der Waals surface area contributed by atoms with Crippen molar-refractivity contribution in [3.8, 4) is 0 Å². The number of hydrogen-bond acceptors (Lipinski definition) is 3. The number of alkyl halides is 1. The Labute approximate surface area is 105 Å². The van der Waals surface area contributed by atoms with Crippen molar-refractivity contribution in [3.05, 3.63) is 23.9 Å². The molecule has 1 aliphatic heterocycles. The normalized spacial score (nSPS) is 21.1. The lowest BCUT2D eigenvalue weighted by Crippen LogP contribution is -2.46. The van der Waals surface area contributed by atoms with Gasteiger partial charge in [0.05, 0.1) is 19.3 Å². The molecule has 1 atom stereocenters. The Kier molecular flexibility index (Phi) is 4.18. The summed E-state index contributed by atoms with van der Waals surface area (Å²) in [6.45, 7) is 4.75. The molecule has 1 unspecified atom stereocenters. The van der Waals surface area contributed by atoms with Crippen LogP contribution in [-0.4, -0.2) is 30.8 Å². The standard InChI is InChI=1S/C12H17BrN2O/c1-2-11-9-16-7-6-15(11)12-10(8-13)4-3-5-14-12/h3-5,11H,2,6-9H2,1H3. The van der Waals surface area contributed by atoms with Crippen molar-refractivity contribution >= 4 is 21.7 Å². The molecule has 4 heteroatoms. The second kappa shape index (κ2) is 5.64. The van der Waals surface area contributed by atoms with Gasteiger partial charge in [0.1, 0.15) is 5.82 Å². The molecule has 3 nitrogen and oxygen atoms in total. The molecule has 1 saturated heterocycles.